The molecule has 0 aromatic heterocycles. The van der Waals surface area contributed by atoms with Gasteiger partial charge in [-0.15, -0.1) is 0 Å². The number of benzene rings is 2. The summed E-state index contributed by atoms with van der Waals surface area (Å²) in [6.07, 6.45) is 4.15. The Morgan fingerprint density at radius 3 is 1.95 bits per heavy atom. The summed E-state index contributed by atoms with van der Waals surface area (Å²) < 4.78 is 0. The molecule has 3 heteroatoms. The maximum absolute atomic E-state index is 3.28. The van der Waals surface area contributed by atoms with Gasteiger partial charge in [-0.25, -0.2) is 0 Å². The van der Waals surface area contributed by atoms with Crippen LogP contribution in [0.3, 0.4) is 0 Å². The summed E-state index contributed by atoms with van der Waals surface area (Å²) in [5.74, 6) is 0.398. The lowest BCUT2D eigenvalue weighted by Gasteiger charge is -2.23. The summed E-state index contributed by atoms with van der Waals surface area (Å²) in [5, 5.41) is 0. The van der Waals surface area contributed by atoms with Crippen molar-refractivity contribution in [3.63, 3.8) is 0 Å². The smallest absolute Gasteiger partial charge is 0.242 e. The fourth-order valence-corrected chi connectivity index (χ4v) is 2.51. The lowest BCUT2D eigenvalue weighted by atomic mass is 9.67. The molecule has 0 atom stereocenters. The molecule has 94 valence electrons. The molecule has 19 heavy (non-hydrogen) atoms. The summed E-state index contributed by atoms with van der Waals surface area (Å²) in [6, 6.07) is 21.4. The van der Waals surface area contributed by atoms with Crippen LogP contribution in [0.2, 0.25) is 0 Å². The number of rotatable bonds is 4. The van der Waals surface area contributed by atoms with Crippen LogP contribution in [0, 0.1) is 0 Å². The van der Waals surface area contributed by atoms with Crippen molar-refractivity contribution in [2.45, 2.75) is 5.82 Å². The molecule has 0 bridgehead atoms. The van der Waals surface area contributed by atoms with Crippen LogP contribution in [-0.4, -0.2) is 18.9 Å². The first-order valence-electron chi connectivity index (χ1n) is 6.69. The number of nitrogens with zero attached hydrogens (tertiary/aromatic N) is 1. The predicted octanol–water partition coefficient (Wildman–Crippen LogP) is 2.46. The van der Waals surface area contributed by atoms with Crippen LogP contribution in [0.25, 0.3) is 0 Å². The first-order chi connectivity index (χ1) is 9.43. The van der Waals surface area contributed by atoms with Crippen LogP contribution < -0.4 is 5.43 Å². The van der Waals surface area contributed by atoms with E-state index in [-0.39, 0.29) is 0 Å². The van der Waals surface area contributed by atoms with Crippen LogP contribution in [0.15, 0.2) is 72.9 Å². The van der Waals surface area contributed by atoms with Crippen molar-refractivity contribution < 1.29 is 0 Å². The maximum atomic E-state index is 3.28. The second-order valence-electron chi connectivity index (χ2n) is 4.81. The Labute approximate surface area is 115 Å². The van der Waals surface area contributed by atoms with Gasteiger partial charge in [-0.3, -0.25) is 4.92 Å². The largest absolute Gasteiger partial charge is 0.337 e. The van der Waals surface area contributed by atoms with Gasteiger partial charge in [0.25, 0.3) is 0 Å². The highest BCUT2D eigenvalue weighted by Gasteiger charge is 2.20. The molecule has 0 saturated heterocycles. The fraction of sp³-hybridized carbons (Fsp3) is 0.125. The van der Waals surface area contributed by atoms with Gasteiger partial charge in [0, 0.05) is 18.6 Å². The van der Waals surface area contributed by atoms with Crippen molar-refractivity contribution in [2.75, 3.05) is 6.54 Å². The molecule has 0 spiro atoms. The molecule has 2 aromatic rings. The molecule has 1 aliphatic heterocycles. The van der Waals surface area contributed by atoms with Crippen molar-refractivity contribution >= 4 is 7.41 Å². The van der Waals surface area contributed by atoms with E-state index >= 15 is 0 Å². The summed E-state index contributed by atoms with van der Waals surface area (Å²) in [7, 11) is 0.973. The second-order valence-corrected chi connectivity index (χ2v) is 4.81. The molecule has 0 saturated carbocycles. The van der Waals surface area contributed by atoms with E-state index in [9.17, 15) is 0 Å². The van der Waals surface area contributed by atoms with Crippen molar-refractivity contribution in [3.8, 4) is 0 Å². The summed E-state index contributed by atoms with van der Waals surface area (Å²) in [6.45, 7) is 0.968. The number of nitrogens with one attached hydrogen (secondary N) is 1. The highest BCUT2D eigenvalue weighted by molar-refractivity contribution is 6.35. The van der Waals surface area contributed by atoms with Gasteiger partial charge >= 0.3 is 0 Å². The summed E-state index contributed by atoms with van der Waals surface area (Å²) in [5.41, 5.74) is 6.01. The minimum Gasteiger partial charge on any atom is -0.337 e. The van der Waals surface area contributed by atoms with Gasteiger partial charge in [-0.2, -0.15) is 0 Å². The Morgan fingerprint density at radius 2 is 1.47 bits per heavy atom. The molecule has 2 aromatic carbocycles. The molecule has 2 nitrogen and oxygen atoms in total. The van der Waals surface area contributed by atoms with E-state index in [1.54, 1.807) is 0 Å². The highest BCUT2D eigenvalue weighted by Crippen LogP contribution is 2.24. The Hall–Kier alpha value is -2.00. The van der Waals surface area contributed by atoms with Crippen molar-refractivity contribution in [1.29, 1.82) is 0 Å². The molecule has 1 N–H and O–H groups in total. The third-order valence-corrected chi connectivity index (χ3v) is 3.51. The van der Waals surface area contributed by atoms with Crippen molar-refractivity contribution in [3.05, 3.63) is 84.1 Å². The van der Waals surface area contributed by atoms with Crippen molar-refractivity contribution in [2.24, 2.45) is 0 Å². The van der Waals surface area contributed by atoms with Crippen LogP contribution in [0.4, 0.5) is 0 Å². The van der Waals surface area contributed by atoms with Crippen LogP contribution in [0.1, 0.15) is 16.9 Å². The standard InChI is InChI=1S/C16H17BN2/c1-3-8-14(9-4-1)16(15-10-5-2-6-11-15)17-19-13-7-12-18-19/h1-12,16-18H,13H2. The quantitative estimate of drug-likeness (QED) is 0.836. The van der Waals surface area contributed by atoms with E-state index in [0.29, 0.717) is 5.82 Å². The Kier molecular flexibility index (Phi) is 3.66. The zero-order valence-corrected chi connectivity index (χ0v) is 10.9. The van der Waals surface area contributed by atoms with E-state index < -0.39 is 0 Å². The molecule has 0 amide bonds. The molecule has 1 heterocycles. The van der Waals surface area contributed by atoms with Gasteiger partial charge in [0.1, 0.15) is 0 Å². The van der Waals surface area contributed by atoms with E-state index in [1.165, 1.54) is 11.1 Å². The van der Waals surface area contributed by atoms with E-state index in [2.05, 4.69) is 77.1 Å². The molecule has 0 fully saturated rings. The topological polar surface area (TPSA) is 15.3 Å². The molecule has 3 rings (SSSR count). The van der Waals surface area contributed by atoms with Gasteiger partial charge in [0.15, 0.2) is 0 Å². The molecular formula is C16H17BN2. The summed E-state index contributed by atoms with van der Waals surface area (Å²) >= 11 is 0. The maximum Gasteiger partial charge on any atom is 0.242 e. The normalized spacial score (nSPS) is 14.6. The minimum absolute atomic E-state index is 0.398. The second kappa shape index (κ2) is 5.76. The van der Waals surface area contributed by atoms with Gasteiger partial charge in [0.2, 0.25) is 7.41 Å². The number of hydrogen-bond donors (Lipinski definition) is 1. The molecule has 0 aliphatic carbocycles. The number of hydrazine groups is 1. The monoisotopic (exact) mass is 248 g/mol. The average Bonchev–Trinajstić information content (AvgIpc) is 3.00. The van der Waals surface area contributed by atoms with Gasteiger partial charge in [-0.1, -0.05) is 66.7 Å². The van der Waals surface area contributed by atoms with Crippen molar-refractivity contribution in [1.82, 2.24) is 10.3 Å². The highest BCUT2D eigenvalue weighted by atomic mass is 15.5. The lowest BCUT2D eigenvalue weighted by molar-refractivity contribution is 0.445. The van der Waals surface area contributed by atoms with Gasteiger partial charge in [0.05, 0.1) is 0 Å². The van der Waals surface area contributed by atoms with E-state index in [4.69, 9.17) is 0 Å². The lowest BCUT2D eigenvalue weighted by Crippen LogP contribution is -2.37. The molecule has 0 unspecified atom stereocenters. The van der Waals surface area contributed by atoms with Gasteiger partial charge < -0.3 is 5.43 Å². The van der Waals surface area contributed by atoms with Crippen LogP contribution >= 0.6 is 0 Å². The predicted molar refractivity (Wildman–Crippen MR) is 80.9 cm³/mol. The fourth-order valence-electron chi connectivity index (χ4n) is 2.51. The zero-order valence-electron chi connectivity index (χ0n) is 10.9. The Balaban J connectivity index is 1.87. The average molecular weight is 248 g/mol. The van der Waals surface area contributed by atoms with Crippen LogP contribution in [-0.2, 0) is 0 Å². The van der Waals surface area contributed by atoms with E-state index in [1.807, 2.05) is 6.20 Å². The Bertz CT molecular complexity index is 492. The first-order valence-corrected chi connectivity index (χ1v) is 6.69. The Morgan fingerprint density at radius 1 is 0.895 bits per heavy atom. The van der Waals surface area contributed by atoms with E-state index in [0.717, 1.165) is 14.0 Å². The first kappa shape index (κ1) is 12.1. The third kappa shape index (κ3) is 2.88. The summed E-state index contributed by atoms with van der Waals surface area (Å²) in [4.78, 5) is 2.24. The minimum atomic E-state index is 0.398. The van der Waals surface area contributed by atoms with Crippen LogP contribution in [0.5, 0.6) is 0 Å². The third-order valence-electron chi connectivity index (χ3n) is 3.51. The molecule has 1 aliphatic rings. The SMILES string of the molecule is B(C(c1ccccc1)c1ccccc1)N1CC=CN1. The molecular weight excluding hydrogens is 231 g/mol. The zero-order chi connectivity index (χ0) is 12.9. The van der Waals surface area contributed by atoms with Gasteiger partial charge in [-0.05, 0) is 11.1 Å². The molecule has 0 radical (unpaired) electrons. The number of hydrogen-bond acceptors (Lipinski definition) is 2.